The molecule has 0 saturated heterocycles. The molecule has 224 valence electrons. The van der Waals surface area contributed by atoms with E-state index in [4.69, 9.17) is 15.2 Å². The Bertz CT molecular complexity index is 1650. The molecule has 2 amide bonds. The van der Waals surface area contributed by atoms with Gasteiger partial charge in [0.1, 0.15) is 12.6 Å². The first kappa shape index (κ1) is 31.8. The molecule has 1 aliphatic rings. The van der Waals surface area contributed by atoms with Gasteiger partial charge in [-0.05, 0) is 64.2 Å². The van der Waals surface area contributed by atoms with E-state index in [0.717, 1.165) is 38.9 Å². The number of fused-ring (bicyclic) bond motifs is 3. The minimum absolute atomic E-state index is 0. The number of methoxy groups -OCH3 is 1. The lowest BCUT2D eigenvalue weighted by molar-refractivity contribution is -0.142. The van der Waals surface area contributed by atoms with Crippen LogP contribution in [-0.4, -0.2) is 44.3 Å². The molecule has 0 fully saturated rings. The number of nitrogens with two attached hydrogens (primary N) is 1. The Labute approximate surface area is 262 Å². The standard InChI is InChI=1S/C35H31N3O5.ClH/c1-42-34(40)32(38-33(39)26-18-16-24(17-19-26)11-10-23-12-14-25(20-36)15-13-23)21-37-35(41)43-22-31-29-8-4-2-6-27(29)28-7-3-5-9-30(28)31;/h2-9,12-19,31-32H,20-22,36H2,1H3,(H,37,41)(H,38,39);1H/t32-;/m0./s1. The van der Waals surface area contributed by atoms with Crippen molar-refractivity contribution in [2.24, 2.45) is 5.73 Å². The minimum Gasteiger partial charge on any atom is -0.467 e. The van der Waals surface area contributed by atoms with Crippen LogP contribution < -0.4 is 16.4 Å². The first-order valence-electron chi connectivity index (χ1n) is 13.9. The summed E-state index contributed by atoms with van der Waals surface area (Å²) in [5, 5.41) is 5.19. The van der Waals surface area contributed by atoms with E-state index >= 15 is 0 Å². The van der Waals surface area contributed by atoms with Crippen molar-refractivity contribution in [3.8, 4) is 23.0 Å². The van der Waals surface area contributed by atoms with E-state index in [9.17, 15) is 14.4 Å². The van der Waals surface area contributed by atoms with Crippen LogP contribution in [0, 0.1) is 11.8 Å². The van der Waals surface area contributed by atoms with E-state index in [1.165, 1.54) is 7.11 Å². The maximum absolute atomic E-state index is 12.9. The normalized spacial score (nSPS) is 11.9. The number of amides is 2. The third-order valence-corrected chi connectivity index (χ3v) is 7.27. The van der Waals surface area contributed by atoms with Crippen molar-refractivity contribution >= 4 is 30.4 Å². The first-order chi connectivity index (χ1) is 21.0. The highest BCUT2D eigenvalue weighted by molar-refractivity contribution is 5.97. The number of ether oxygens (including phenoxy) is 2. The zero-order valence-corrected chi connectivity index (χ0v) is 24.9. The highest BCUT2D eigenvalue weighted by Crippen LogP contribution is 2.44. The summed E-state index contributed by atoms with van der Waals surface area (Å²) in [6, 6.07) is 29.3. The molecule has 0 radical (unpaired) electrons. The smallest absolute Gasteiger partial charge is 0.407 e. The molecule has 1 atom stereocenters. The second-order valence-electron chi connectivity index (χ2n) is 9.98. The van der Waals surface area contributed by atoms with Crippen molar-refractivity contribution in [1.82, 2.24) is 10.6 Å². The van der Waals surface area contributed by atoms with E-state index in [1.807, 2.05) is 60.7 Å². The Morgan fingerprint density at radius 2 is 1.36 bits per heavy atom. The summed E-state index contributed by atoms with van der Waals surface area (Å²) in [6.45, 7) is 0.393. The van der Waals surface area contributed by atoms with Crippen molar-refractivity contribution < 1.29 is 23.9 Å². The lowest BCUT2D eigenvalue weighted by atomic mass is 9.98. The predicted molar refractivity (Wildman–Crippen MR) is 170 cm³/mol. The van der Waals surface area contributed by atoms with Gasteiger partial charge in [-0.1, -0.05) is 72.5 Å². The van der Waals surface area contributed by atoms with Crippen LogP contribution in [0.5, 0.6) is 0 Å². The number of hydrogen-bond donors (Lipinski definition) is 3. The van der Waals surface area contributed by atoms with Crippen LogP contribution in [0.4, 0.5) is 4.79 Å². The minimum atomic E-state index is -1.12. The third-order valence-electron chi connectivity index (χ3n) is 7.27. The van der Waals surface area contributed by atoms with E-state index < -0.39 is 24.0 Å². The van der Waals surface area contributed by atoms with Crippen LogP contribution in [0.2, 0.25) is 0 Å². The average Bonchev–Trinajstić information content (AvgIpc) is 3.38. The first-order valence-corrected chi connectivity index (χ1v) is 13.9. The Morgan fingerprint density at radius 3 is 1.91 bits per heavy atom. The zero-order chi connectivity index (χ0) is 30.2. The van der Waals surface area contributed by atoms with Gasteiger partial charge in [-0.15, -0.1) is 12.4 Å². The van der Waals surface area contributed by atoms with Gasteiger partial charge in [-0.2, -0.15) is 0 Å². The predicted octanol–water partition coefficient (Wildman–Crippen LogP) is 4.78. The van der Waals surface area contributed by atoms with Gasteiger partial charge in [0, 0.05) is 29.2 Å². The monoisotopic (exact) mass is 609 g/mol. The van der Waals surface area contributed by atoms with Crippen LogP contribution in [0.3, 0.4) is 0 Å². The summed E-state index contributed by atoms with van der Waals surface area (Å²) in [7, 11) is 1.21. The number of halogens is 1. The molecular formula is C35H32ClN3O5. The van der Waals surface area contributed by atoms with Gasteiger partial charge >= 0.3 is 12.1 Å². The molecule has 9 heteroatoms. The second kappa shape index (κ2) is 14.9. The van der Waals surface area contributed by atoms with Gasteiger partial charge in [0.25, 0.3) is 5.91 Å². The van der Waals surface area contributed by atoms with Crippen LogP contribution in [0.1, 0.15) is 44.1 Å². The van der Waals surface area contributed by atoms with Crippen LogP contribution >= 0.6 is 12.4 Å². The van der Waals surface area contributed by atoms with Crippen LogP contribution in [-0.2, 0) is 20.8 Å². The molecule has 4 aromatic carbocycles. The van der Waals surface area contributed by atoms with Crippen molar-refractivity contribution in [3.63, 3.8) is 0 Å². The highest BCUT2D eigenvalue weighted by atomic mass is 35.5. The largest absolute Gasteiger partial charge is 0.467 e. The molecule has 0 bridgehead atoms. The number of esters is 1. The molecular weight excluding hydrogens is 578 g/mol. The molecule has 0 aromatic heterocycles. The fourth-order valence-corrected chi connectivity index (χ4v) is 4.99. The van der Waals surface area contributed by atoms with Crippen molar-refractivity contribution in [1.29, 1.82) is 0 Å². The fourth-order valence-electron chi connectivity index (χ4n) is 4.99. The SMILES string of the molecule is COC(=O)[C@H](CNC(=O)OCC1c2ccccc2-c2ccccc21)NC(=O)c1ccc(C#Cc2ccc(CN)cc2)cc1.Cl. The number of alkyl carbamates (subject to hydrolysis) is 1. The quantitative estimate of drug-likeness (QED) is 0.195. The Balaban J connectivity index is 0.00000442. The lowest BCUT2D eigenvalue weighted by Crippen LogP contribution is -2.49. The van der Waals surface area contributed by atoms with Gasteiger partial charge in [0.05, 0.1) is 13.7 Å². The molecule has 1 aliphatic carbocycles. The fraction of sp³-hybridized carbons (Fsp3) is 0.171. The number of rotatable bonds is 8. The lowest BCUT2D eigenvalue weighted by Gasteiger charge is -2.18. The maximum atomic E-state index is 12.9. The van der Waals surface area contributed by atoms with Gasteiger partial charge in [-0.25, -0.2) is 9.59 Å². The van der Waals surface area contributed by atoms with Gasteiger partial charge in [0.2, 0.25) is 0 Å². The number of carbonyl (C=O) groups excluding carboxylic acids is 3. The Hall–Kier alpha value is -5.10. The molecule has 44 heavy (non-hydrogen) atoms. The van der Waals surface area contributed by atoms with Crippen molar-refractivity contribution in [2.45, 2.75) is 18.5 Å². The molecule has 0 heterocycles. The van der Waals surface area contributed by atoms with E-state index in [-0.39, 0.29) is 31.5 Å². The number of hydrogen-bond acceptors (Lipinski definition) is 6. The Kier molecular flexibility index (Phi) is 10.8. The molecule has 4 aromatic rings. The maximum Gasteiger partial charge on any atom is 0.407 e. The topological polar surface area (TPSA) is 120 Å². The highest BCUT2D eigenvalue weighted by Gasteiger charge is 2.29. The van der Waals surface area contributed by atoms with Gasteiger partial charge < -0.3 is 25.8 Å². The molecule has 4 N–H and O–H groups in total. The Morgan fingerprint density at radius 1 is 0.818 bits per heavy atom. The molecule has 5 rings (SSSR count). The average molecular weight is 610 g/mol. The summed E-state index contributed by atoms with van der Waals surface area (Å²) < 4.78 is 10.4. The van der Waals surface area contributed by atoms with Crippen molar-refractivity contribution in [3.05, 3.63) is 130 Å². The van der Waals surface area contributed by atoms with E-state index in [2.05, 4.69) is 34.6 Å². The number of benzene rings is 4. The molecule has 0 unspecified atom stereocenters. The van der Waals surface area contributed by atoms with E-state index in [1.54, 1.807) is 24.3 Å². The summed E-state index contributed by atoms with van der Waals surface area (Å²) in [4.78, 5) is 37.9. The van der Waals surface area contributed by atoms with Crippen LogP contribution in [0.15, 0.2) is 97.1 Å². The summed E-state index contributed by atoms with van der Waals surface area (Å²) in [5.41, 5.74) is 13.0. The molecule has 8 nitrogen and oxygen atoms in total. The van der Waals surface area contributed by atoms with Crippen molar-refractivity contribution in [2.75, 3.05) is 20.3 Å². The van der Waals surface area contributed by atoms with E-state index in [0.29, 0.717) is 12.1 Å². The number of carbonyl (C=O) groups is 3. The molecule has 0 saturated carbocycles. The van der Waals surface area contributed by atoms with Crippen LogP contribution in [0.25, 0.3) is 11.1 Å². The summed E-state index contributed by atoms with van der Waals surface area (Å²) in [5.74, 6) is 4.84. The number of nitrogens with one attached hydrogen (secondary N) is 2. The second-order valence-corrected chi connectivity index (χ2v) is 9.98. The zero-order valence-electron chi connectivity index (χ0n) is 24.0. The summed E-state index contributed by atoms with van der Waals surface area (Å²) in [6.07, 6.45) is -0.703. The van der Waals surface area contributed by atoms with Gasteiger partial charge in [-0.3, -0.25) is 4.79 Å². The third kappa shape index (κ3) is 7.45. The van der Waals surface area contributed by atoms with Gasteiger partial charge in [0.15, 0.2) is 0 Å². The molecule has 0 aliphatic heterocycles. The summed E-state index contributed by atoms with van der Waals surface area (Å²) >= 11 is 0. The molecule has 0 spiro atoms.